The summed E-state index contributed by atoms with van der Waals surface area (Å²) in [6, 6.07) is 5.08. The third-order valence-electron chi connectivity index (χ3n) is 2.75. The molecule has 3 nitrogen and oxygen atoms in total. The van der Waals surface area contributed by atoms with Crippen molar-refractivity contribution in [3.05, 3.63) is 29.1 Å². The average Bonchev–Trinajstić information content (AvgIpc) is 2.71. The highest BCUT2D eigenvalue weighted by atomic mass is 19.1. The molecule has 1 aliphatic rings. The van der Waals surface area contributed by atoms with Gasteiger partial charge >= 0.3 is 0 Å². The van der Waals surface area contributed by atoms with E-state index in [9.17, 15) is 4.39 Å². The lowest BCUT2D eigenvalue weighted by Crippen LogP contribution is -2.15. The Morgan fingerprint density at radius 2 is 2.33 bits per heavy atom. The maximum atomic E-state index is 13.8. The van der Waals surface area contributed by atoms with Crippen LogP contribution in [-0.2, 0) is 0 Å². The van der Waals surface area contributed by atoms with Crippen LogP contribution in [0.2, 0.25) is 0 Å². The summed E-state index contributed by atoms with van der Waals surface area (Å²) in [5, 5.41) is 12.0. The Balaban J connectivity index is 2.45. The normalized spacial score (nSPS) is 20.1. The second-order valence-electron chi connectivity index (χ2n) is 3.69. The summed E-state index contributed by atoms with van der Waals surface area (Å²) < 4.78 is 13.8. The van der Waals surface area contributed by atoms with Gasteiger partial charge in [-0.3, -0.25) is 0 Å². The van der Waals surface area contributed by atoms with Crippen LogP contribution in [0.25, 0.3) is 0 Å². The van der Waals surface area contributed by atoms with Crippen LogP contribution >= 0.6 is 0 Å². The fourth-order valence-corrected chi connectivity index (χ4v) is 1.94. The summed E-state index contributed by atoms with van der Waals surface area (Å²) in [6.45, 7) is 0.899. The van der Waals surface area contributed by atoms with E-state index < -0.39 is 5.82 Å². The van der Waals surface area contributed by atoms with Gasteiger partial charge in [0.2, 0.25) is 0 Å². The summed E-state index contributed by atoms with van der Waals surface area (Å²) in [4.78, 5) is 0. The van der Waals surface area contributed by atoms with Gasteiger partial charge in [0.15, 0.2) is 0 Å². The minimum absolute atomic E-state index is 0.0256. The van der Waals surface area contributed by atoms with Crippen LogP contribution < -0.4 is 11.1 Å². The number of nitrogens with two attached hydrogens (primary N) is 1. The van der Waals surface area contributed by atoms with Crippen molar-refractivity contribution in [2.75, 3.05) is 12.3 Å². The molecule has 1 saturated heterocycles. The van der Waals surface area contributed by atoms with Crippen LogP contribution in [0.15, 0.2) is 12.1 Å². The van der Waals surface area contributed by atoms with E-state index in [2.05, 4.69) is 5.32 Å². The molecule has 0 amide bonds. The lowest BCUT2D eigenvalue weighted by atomic mass is 10.0. The van der Waals surface area contributed by atoms with E-state index in [4.69, 9.17) is 11.0 Å². The summed E-state index contributed by atoms with van der Waals surface area (Å²) in [5.74, 6) is -0.475. The van der Waals surface area contributed by atoms with Gasteiger partial charge in [0.05, 0.1) is 5.69 Å². The molecule has 0 bridgehead atoms. The van der Waals surface area contributed by atoms with Gasteiger partial charge in [0, 0.05) is 11.6 Å². The van der Waals surface area contributed by atoms with Gasteiger partial charge < -0.3 is 11.1 Å². The molecular formula is C11H12FN3. The zero-order valence-electron chi connectivity index (χ0n) is 8.26. The number of halogens is 1. The summed E-state index contributed by atoms with van der Waals surface area (Å²) in [7, 11) is 0. The zero-order chi connectivity index (χ0) is 10.8. The smallest absolute Gasteiger partial charge is 0.147 e. The molecule has 1 heterocycles. The second-order valence-corrected chi connectivity index (χ2v) is 3.69. The lowest BCUT2D eigenvalue weighted by Gasteiger charge is -2.13. The first kappa shape index (κ1) is 9.94. The van der Waals surface area contributed by atoms with Crippen LogP contribution in [0.1, 0.15) is 30.0 Å². The largest absolute Gasteiger partial charge is 0.398 e. The van der Waals surface area contributed by atoms with Gasteiger partial charge in [0.1, 0.15) is 17.4 Å². The fraction of sp³-hybridized carbons (Fsp3) is 0.364. The molecule has 1 aromatic carbocycles. The molecule has 1 aliphatic heterocycles. The minimum Gasteiger partial charge on any atom is -0.398 e. The van der Waals surface area contributed by atoms with Gasteiger partial charge in [-0.2, -0.15) is 5.26 Å². The summed E-state index contributed by atoms with van der Waals surface area (Å²) >= 11 is 0. The summed E-state index contributed by atoms with van der Waals surface area (Å²) in [5.41, 5.74) is 6.24. The maximum Gasteiger partial charge on any atom is 0.147 e. The number of nitriles is 1. The number of hydrogen-bond donors (Lipinski definition) is 2. The Morgan fingerprint density at radius 3 is 2.93 bits per heavy atom. The molecule has 0 spiro atoms. The molecule has 78 valence electrons. The molecule has 1 fully saturated rings. The Morgan fingerprint density at radius 1 is 1.53 bits per heavy atom. The Kier molecular flexibility index (Phi) is 2.57. The predicted octanol–water partition coefficient (Wildman–Crippen LogP) is 1.70. The molecule has 0 radical (unpaired) electrons. The van der Waals surface area contributed by atoms with Gasteiger partial charge in [-0.25, -0.2) is 4.39 Å². The van der Waals surface area contributed by atoms with Gasteiger partial charge in [-0.05, 0) is 25.5 Å². The van der Waals surface area contributed by atoms with Crippen molar-refractivity contribution in [2.24, 2.45) is 0 Å². The third-order valence-corrected chi connectivity index (χ3v) is 2.75. The molecule has 0 aliphatic carbocycles. The molecule has 0 aromatic heterocycles. The molecule has 3 N–H and O–H groups in total. The van der Waals surface area contributed by atoms with Crippen LogP contribution in [-0.4, -0.2) is 6.54 Å². The SMILES string of the molecule is N#Cc1c(N)ccc([C@H]2CCCN2)c1F. The molecule has 2 rings (SSSR count). The van der Waals surface area contributed by atoms with Gasteiger partial charge in [-0.15, -0.1) is 0 Å². The van der Waals surface area contributed by atoms with Crippen LogP contribution in [0.5, 0.6) is 0 Å². The molecule has 15 heavy (non-hydrogen) atoms. The molecule has 0 saturated carbocycles. The molecule has 4 heteroatoms. The second kappa shape index (κ2) is 3.87. The number of anilines is 1. The highest BCUT2D eigenvalue weighted by Gasteiger charge is 2.22. The molecular weight excluding hydrogens is 193 g/mol. The van der Waals surface area contributed by atoms with Gasteiger partial charge in [-0.1, -0.05) is 6.07 Å². The van der Waals surface area contributed by atoms with E-state index in [0.717, 1.165) is 19.4 Å². The quantitative estimate of drug-likeness (QED) is 0.686. The fourth-order valence-electron chi connectivity index (χ4n) is 1.94. The standard InChI is InChI=1S/C11H12FN3/c12-11-7(10-2-1-5-15-10)3-4-9(14)8(11)6-13/h3-4,10,15H,1-2,5,14H2/t10-/m1/s1. The Hall–Kier alpha value is -1.60. The van der Waals surface area contributed by atoms with Crippen molar-refractivity contribution >= 4 is 5.69 Å². The van der Waals surface area contributed by atoms with Crippen molar-refractivity contribution in [3.63, 3.8) is 0 Å². The number of nitrogens with zero attached hydrogens (tertiary/aromatic N) is 1. The number of nitrogens with one attached hydrogen (secondary N) is 1. The maximum absolute atomic E-state index is 13.8. The highest BCUT2D eigenvalue weighted by Crippen LogP contribution is 2.28. The van der Waals surface area contributed by atoms with Crippen LogP contribution in [0.3, 0.4) is 0 Å². The monoisotopic (exact) mass is 205 g/mol. The van der Waals surface area contributed by atoms with E-state index in [0.29, 0.717) is 5.56 Å². The number of rotatable bonds is 1. The summed E-state index contributed by atoms with van der Waals surface area (Å²) in [6.07, 6.45) is 1.95. The van der Waals surface area contributed by atoms with E-state index in [1.807, 2.05) is 0 Å². The Bertz CT molecular complexity index is 417. The van der Waals surface area contributed by atoms with Crippen molar-refractivity contribution < 1.29 is 4.39 Å². The molecule has 0 unspecified atom stereocenters. The van der Waals surface area contributed by atoms with E-state index >= 15 is 0 Å². The molecule has 1 aromatic rings. The van der Waals surface area contributed by atoms with Crippen molar-refractivity contribution in [1.82, 2.24) is 5.32 Å². The van der Waals surface area contributed by atoms with Crippen molar-refractivity contribution in [2.45, 2.75) is 18.9 Å². The number of benzene rings is 1. The topological polar surface area (TPSA) is 61.8 Å². The first-order valence-electron chi connectivity index (χ1n) is 4.95. The number of hydrogen-bond acceptors (Lipinski definition) is 3. The minimum atomic E-state index is -0.475. The lowest BCUT2D eigenvalue weighted by molar-refractivity contribution is 0.557. The predicted molar refractivity (Wildman–Crippen MR) is 55.5 cm³/mol. The van der Waals surface area contributed by atoms with Crippen LogP contribution in [0.4, 0.5) is 10.1 Å². The number of nitrogen functional groups attached to an aromatic ring is 1. The average molecular weight is 205 g/mol. The zero-order valence-corrected chi connectivity index (χ0v) is 8.26. The van der Waals surface area contributed by atoms with Crippen LogP contribution in [0, 0.1) is 17.1 Å². The van der Waals surface area contributed by atoms with Crippen molar-refractivity contribution in [1.29, 1.82) is 5.26 Å². The first-order chi connectivity index (χ1) is 7.24. The van der Waals surface area contributed by atoms with Gasteiger partial charge in [0.25, 0.3) is 0 Å². The van der Waals surface area contributed by atoms with E-state index in [1.165, 1.54) is 0 Å². The third kappa shape index (κ3) is 1.66. The van der Waals surface area contributed by atoms with Crippen molar-refractivity contribution in [3.8, 4) is 6.07 Å². The highest BCUT2D eigenvalue weighted by molar-refractivity contribution is 5.56. The van der Waals surface area contributed by atoms with E-state index in [1.54, 1.807) is 18.2 Å². The molecule has 1 atom stereocenters. The first-order valence-corrected chi connectivity index (χ1v) is 4.95. The Labute approximate surface area is 87.7 Å². The van der Waals surface area contributed by atoms with E-state index in [-0.39, 0.29) is 17.3 Å².